The summed E-state index contributed by atoms with van der Waals surface area (Å²) in [6.07, 6.45) is 2.11. The molecule has 0 heterocycles. The van der Waals surface area contributed by atoms with Crippen molar-refractivity contribution >= 4 is 5.91 Å². The first kappa shape index (κ1) is 15.0. The number of nitrogens with two attached hydrogens (primary N) is 1. The van der Waals surface area contributed by atoms with Gasteiger partial charge >= 0.3 is 0 Å². The van der Waals surface area contributed by atoms with Crippen LogP contribution in [0.25, 0.3) is 0 Å². The summed E-state index contributed by atoms with van der Waals surface area (Å²) >= 11 is 0. The van der Waals surface area contributed by atoms with Gasteiger partial charge in [-0.05, 0) is 43.7 Å². The van der Waals surface area contributed by atoms with Gasteiger partial charge in [-0.25, -0.2) is 0 Å². The predicted molar refractivity (Wildman–Crippen MR) is 78.9 cm³/mol. The van der Waals surface area contributed by atoms with Gasteiger partial charge in [-0.3, -0.25) is 4.79 Å². The van der Waals surface area contributed by atoms with Gasteiger partial charge in [0.05, 0.1) is 12.1 Å². The normalized spacial score (nSPS) is 17.6. The third kappa shape index (κ3) is 3.58. The van der Waals surface area contributed by atoms with Crippen LogP contribution in [-0.4, -0.2) is 18.1 Å². The number of carbonyl (C=O) groups is 1. The zero-order valence-corrected chi connectivity index (χ0v) is 12.3. The maximum absolute atomic E-state index is 12.2. The van der Waals surface area contributed by atoms with Crippen LogP contribution in [0.3, 0.4) is 0 Å². The maximum Gasteiger partial charge on any atom is 0.240 e. The number of rotatable bonds is 7. The molecule has 0 bridgehead atoms. The van der Waals surface area contributed by atoms with Gasteiger partial charge in [-0.2, -0.15) is 0 Å². The number of ether oxygens (including phenoxy) is 1. The molecule has 1 fully saturated rings. The molecule has 3 N–H and O–H groups in total. The number of nitrogens with one attached hydrogen (secondary N) is 1. The Balaban J connectivity index is 1.94. The lowest BCUT2D eigenvalue weighted by molar-refractivity contribution is -0.126. The Bertz CT molecular complexity index is 467. The van der Waals surface area contributed by atoms with Crippen LogP contribution in [0.2, 0.25) is 0 Å². The van der Waals surface area contributed by atoms with Crippen molar-refractivity contribution in [1.29, 1.82) is 0 Å². The maximum atomic E-state index is 12.2. The van der Waals surface area contributed by atoms with Gasteiger partial charge < -0.3 is 15.8 Å². The molecule has 1 amide bonds. The first-order valence-corrected chi connectivity index (χ1v) is 7.27. The van der Waals surface area contributed by atoms with Crippen molar-refractivity contribution in [3.63, 3.8) is 0 Å². The first-order chi connectivity index (χ1) is 9.55. The zero-order chi connectivity index (χ0) is 14.6. The quantitative estimate of drug-likeness (QED) is 0.800. The zero-order valence-electron chi connectivity index (χ0n) is 12.3. The largest absolute Gasteiger partial charge is 0.377 e. The smallest absolute Gasteiger partial charge is 0.240 e. The van der Waals surface area contributed by atoms with Crippen molar-refractivity contribution in [2.24, 2.45) is 11.7 Å². The van der Waals surface area contributed by atoms with E-state index in [0.29, 0.717) is 25.7 Å². The minimum Gasteiger partial charge on any atom is -0.377 e. The van der Waals surface area contributed by atoms with Gasteiger partial charge in [0.2, 0.25) is 5.91 Å². The molecule has 0 saturated heterocycles. The lowest BCUT2D eigenvalue weighted by atomic mass is 9.96. The van der Waals surface area contributed by atoms with E-state index >= 15 is 0 Å². The monoisotopic (exact) mass is 276 g/mol. The molecule has 1 saturated carbocycles. The fraction of sp³-hybridized carbons (Fsp3) is 0.562. The highest BCUT2D eigenvalue weighted by molar-refractivity contribution is 5.86. The Morgan fingerprint density at radius 2 is 2.05 bits per heavy atom. The van der Waals surface area contributed by atoms with Crippen LogP contribution in [0.15, 0.2) is 24.3 Å². The average Bonchev–Trinajstić information content (AvgIpc) is 3.28. The summed E-state index contributed by atoms with van der Waals surface area (Å²) < 4.78 is 5.45. The summed E-state index contributed by atoms with van der Waals surface area (Å²) in [6, 6.07) is 8.00. The molecule has 0 radical (unpaired) electrons. The molecule has 1 unspecified atom stereocenters. The first-order valence-electron chi connectivity index (χ1n) is 7.27. The molecule has 20 heavy (non-hydrogen) atoms. The van der Waals surface area contributed by atoms with Crippen LogP contribution in [0.1, 0.15) is 37.8 Å². The summed E-state index contributed by atoms with van der Waals surface area (Å²) in [5, 5.41) is 2.96. The van der Waals surface area contributed by atoms with Gasteiger partial charge in [-0.1, -0.05) is 24.3 Å². The Hall–Kier alpha value is -1.39. The molecule has 1 aliphatic carbocycles. The Kier molecular flexibility index (Phi) is 4.78. The van der Waals surface area contributed by atoms with Crippen molar-refractivity contribution in [2.75, 3.05) is 6.61 Å². The van der Waals surface area contributed by atoms with Gasteiger partial charge in [0.1, 0.15) is 0 Å². The molecular weight excluding hydrogens is 252 g/mol. The second-order valence-corrected chi connectivity index (χ2v) is 5.65. The van der Waals surface area contributed by atoms with Crippen molar-refractivity contribution in [3.05, 3.63) is 35.4 Å². The summed E-state index contributed by atoms with van der Waals surface area (Å²) in [5.41, 5.74) is 7.57. The Morgan fingerprint density at radius 3 is 2.65 bits per heavy atom. The van der Waals surface area contributed by atoms with Crippen LogP contribution in [-0.2, 0) is 22.7 Å². The van der Waals surface area contributed by atoms with E-state index in [9.17, 15) is 4.79 Å². The van der Waals surface area contributed by atoms with Crippen molar-refractivity contribution in [2.45, 2.75) is 45.4 Å². The van der Waals surface area contributed by atoms with E-state index in [0.717, 1.165) is 24.0 Å². The van der Waals surface area contributed by atoms with Crippen LogP contribution in [0.5, 0.6) is 0 Å². The van der Waals surface area contributed by atoms with Gasteiger partial charge in [0.25, 0.3) is 0 Å². The molecule has 1 aromatic carbocycles. The lowest BCUT2D eigenvalue weighted by Crippen LogP contribution is -2.53. The molecule has 1 atom stereocenters. The van der Waals surface area contributed by atoms with E-state index in [1.807, 2.05) is 38.1 Å². The number of hydrogen-bond acceptors (Lipinski definition) is 3. The summed E-state index contributed by atoms with van der Waals surface area (Å²) in [7, 11) is 0. The van der Waals surface area contributed by atoms with Gasteiger partial charge in [0, 0.05) is 13.2 Å². The predicted octanol–water partition coefficient (Wildman–Crippen LogP) is 1.97. The number of benzene rings is 1. The Morgan fingerprint density at radius 1 is 1.40 bits per heavy atom. The van der Waals surface area contributed by atoms with E-state index in [-0.39, 0.29) is 5.91 Å². The summed E-state index contributed by atoms with van der Waals surface area (Å²) in [4.78, 5) is 12.2. The molecular formula is C16H24N2O2. The van der Waals surface area contributed by atoms with Gasteiger partial charge in [0.15, 0.2) is 0 Å². The molecule has 4 nitrogen and oxygen atoms in total. The Labute approximate surface area is 120 Å². The number of amides is 1. The average molecular weight is 276 g/mol. The standard InChI is InChI=1S/C16H24N2O2/c1-3-20-11-13-7-5-4-6-12(13)10-18-15(19)16(2,17)14-8-9-14/h4-7,14H,3,8-11,17H2,1-2H3,(H,18,19). The molecule has 1 aliphatic rings. The number of hydrogen-bond donors (Lipinski definition) is 2. The van der Waals surface area contributed by atoms with E-state index in [2.05, 4.69) is 5.32 Å². The highest BCUT2D eigenvalue weighted by Gasteiger charge is 2.43. The second-order valence-electron chi connectivity index (χ2n) is 5.65. The van der Waals surface area contributed by atoms with Gasteiger partial charge in [-0.15, -0.1) is 0 Å². The number of carbonyl (C=O) groups excluding carboxylic acids is 1. The van der Waals surface area contributed by atoms with Crippen molar-refractivity contribution in [3.8, 4) is 0 Å². The van der Waals surface area contributed by atoms with E-state index < -0.39 is 5.54 Å². The summed E-state index contributed by atoms with van der Waals surface area (Å²) in [5.74, 6) is 0.271. The third-order valence-corrected chi connectivity index (χ3v) is 3.93. The molecule has 2 rings (SSSR count). The van der Waals surface area contributed by atoms with Crippen LogP contribution in [0.4, 0.5) is 0 Å². The van der Waals surface area contributed by atoms with Crippen molar-refractivity contribution < 1.29 is 9.53 Å². The van der Waals surface area contributed by atoms with E-state index in [1.54, 1.807) is 0 Å². The topological polar surface area (TPSA) is 64.3 Å². The molecule has 4 heteroatoms. The fourth-order valence-corrected chi connectivity index (χ4v) is 2.32. The molecule has 0 spiro atoms. The highest BCUT2D eigenvalue weighted by Crippen LogP contribution is 2.38. The van der Waals surface area contributed by atoms with Crippen molar-refractivity contribution in [1.82, 2.24) is 5.32 Å². The lowest BCUT2D eigenvalue weighted by Gasteiger charge is -2.23. The van der Waals surface area contributed by atoms with Crippen LogP contribution >= 0.6 is 0 Å². The fourth-order valence-electron chi connectivity index (χ4n) is 2.32. The van der Waals surface area contributed by atoms with E-state index in [4.69, 9.17) is 10.5 Å². The second kappa shape index (κ2) is 6.37. The minimum atomic E-state index is -0.741. The third-order valence-electron chi connectivity index (χ3n) is 3.93. The highest BCUT2D eigenvalue weighted by atomic mass is 16.5. The minimum absolute atomic E-state index is 0.0637. The molecule has 0 aromatic heterocycles. The van der Waals surface area contributed by atoms with Crippen LogP contribution in [0, 0.1) is 5.92 Å². The molecule has 1 aromatic rings. The molecule has 0 aliphatic heterocycles. The van der Waals surface area contributed by atoms with E-state index in [1.165, 1.54) is 0 Å². The SMILES string of the molecule is CCOCc1ccccc1CNC(=O)C(C)(N)C1CC1. The molecule has 110 valence electrons. The van der Waals surface area contributed by atoms with Crippen LogP contribution < -0.4 is 11.1 Å². The summed E-state index contributed by atoms with van der Waals surface area (Å²) in [6.45, 7) is 5.56.